The Morgan fingerprint density at radius 3 is 2.75 bits per heavy atom. The van der Waals surface area contributed by atoms with Gasteiger partial charge in [0.05, 0.1) is 6.10 Å². The second kappa shape index (κ2) is 3.90. The van der Waals surface area contributed by atoms with E-state index in [-0.39, 0.29) is 12.0 Å². The summed E-state index contributed by atoms with van der Waals surface area (Å²) in [5, 5.41) is 7.51. The summed E-state index contributed by atoms with van der Waals surface area (Å²) >= 11 is 0. The van der Waals surface area contributed by atoms with Gasteiger partial charge in [0, 0.05) is 5.56 Å². The molecule has 12 heavy (non-hydrogen) atoms. The maximum atomic E-state index is 7.51. The second-order valence-corrected chi connectivity index (χ2v) is 2.77. The summed E-state index contributed by atoms with van der Waals surface area (Å²) in [6.07, 6.45) is 0.0473. The Labute approximate surface area is 72.7 Å². The monoisotopic (exact) mass is 162 g/mol. The van der Waals surface area contributed by atoms with Crippen molar-refractivity contribution in [2.75, 3.05) is 0 Å². The predicted octanol–water partition coefficient (Wildman–Crippen LogP) is 2.24. The van der Waals surface area contributed by atoms with Crippen molar-refractivity contribution in [2.45, 2.75) is 20.0 Å². The average molecular weight is 162 g/mol. The van der Waals surface area contributed by atoms with Crippen LogP contribution in [0.3, 0.4) is 0 Å². The van der Waals surface area contributed by atoms with E-state index in [9.17, 15) is 0 Å². The molecule has 0 bridgehead atoms. The third kappa shape index (κ3) is 2.38. The van der Waals surface area contributed by atoms with Crippen molar-refractivity contribution in [3.63, 3.8) is 0 Å². The van der Waals surface area contributed by atoms with Gasteiger partial charge in [0.2, 0.25) is 5.90 Å². The van der Waals surface area contributed by atoms with Gasteiger partial charge in [-0.25, -0.2) is 0 Å². The zero-order valence-corrected chi connectivity index (χ0v) is 7.29. The molecule has 0 saturated heterocycles. The zero-order chi connectivity index (χ0) is 8.97. The molecule has 63 valence electrons. The molecule has 0 aromatic heterocycles. The Bertz CT molecular complexity index is 254. The lowest BCUT2D eigenvalue weighted by Crippen LogP contribution is -2.11. The summed E-state index contributed by atoms with van der Waals surface area (Å²) in [5.74, 6) is 0.186. The van der Waals surface area contributed by atoms with Crippen molar-refractivity contribution in [2.24, 2.45) is 0 Å². The molecular weight excluding hydrogens is 150 g/mol. The van der Waals surface area contributed by atoms with Gasteiger partial charge >= 0.3 is 0 Å². The lowest BCUT2D eigenvalue weighted by Gasteiger charge is -2.09. The zero-order valence-electron chi connectivity index (χ0n) is 7.29. The van der Waals surface area contributed by atoms with Gasteiger partial charge in [-0.3, -0.25) is 5.41 Å². The molecule has 2 heteroatoms. The standard InChI is InChI=1S/C10H12NO/c1-8(2)12-10(11)9-6-4-3-5-7-9/h3-6,8,11H,1-2H3. The van der Waals surface area contributed by atoms with Crippen molar-refractivity contribution in [3.8, 4) is 0 Å². The van der Waals surface area contributed by atoms with E-state index < -0.39 is 0 Å². The Morgan fingerprint density at radius 2 is 2.25 bits per heavy atom. The molecule has 0 spiro atoms. The van der Waals surface area contributed by atoms with E-state index in [0.29, 0.717) is 5.56 Å². The van der Waals surface area contributed by atoms with Crippen LogP contribution < -0.4 is 0 Å². The summed E-state index contributed by atoms with van der Waals surface area (Å²) < 4.78 is 5.19. The van der Waals surface area contributed by atoms with Crippen LogP contribution in [0.25, 0.3) is 0 Å². The van der Waals surface area contributed by atoms with Crippen LogP contribution in [0.4, 0.5) is 0 Å². The Hall–Kier alpha value is -1.31. The summed E-state index contributed by atoms with van der Waals surface area (Å²) in [7, 11) is 0. The molecule has 0 aliphatic rings. The number of hydrogen-bond acceptors (Lipinski definition) is 2. The Kier molecular flexibility index (Phi) is 2.86. The highest BCUT2D eigenvalue weighted by atomic mass is 16.5. The molecular formula is C10H12NO. The Balaban J connectivity index is 2.66. The maximum Gasteiger partial charge on any atom is 0.214 e. The highest BCUT2D eigenvalue weighted by Crippen LogP contribution is 2.01. The largest absolute Gasteiger partial charge is 0.475 e. The van der Waals surface area contributed by atoms with Crippen LogP contribution in [0, 0.1) is 11.5 Å². The number of rotatable bonds is 2. The number of ether oxygens (including phenoxy) is 1. The third-order valence-corrected chi connectivity index (χ3v) is 1.31. The van der Waals surface area contributed by atoms with Crippen LogP contribution in [-0.2, 0) is 4.74 Å². The minimum absolute atomic E-state index is 0.0473. The van der Waals surface area contributed by atoms with E-state index in [0.717, 1.165) is 0 Å². The first-order valence-corrected chi connectivity index (χ1v) is 3.92. The van der Waals surface area contributed by atoms with Gasteiger partial charge in [-0.15, -0.1) is 0 Å². The van der Waals surface area contributed by atoms with Crippen LogP contribution in [-0.4, -0.2) is 12.0 Å². The molecule has 2 nitrogen and oxygen atoms in total. The molecule has 0 saturated carbocycles. The topological polar surface area (TPSA) is 33.1 Å². The van der Waals surface area contributed by atoms with Gasteiger partial charge in [0.25, 0.3) is 0 Å². The number of nitrogens with one attached hydrogen (secondary N) is 1. The second-order valence-electron chi connectivity index (χ2n) is 2.77. The molecule has 0 unspecified atom stereocenters. The van der Waals surface area contributed by atoms with Gasteiger partial charge in [-0.1, -0.05) is 18.2 Å². The van der Waals surface area contributed by atoms with E-state index in [4.69, 9.17) is 10.1 Å². The minimum atomic E-state index is 0.0473. The van der Waals surface area contributed by atoms with E-state index in [1.54, 1.807) is 6.07 Å². The number of hydrogen-bond donors (Lipinski definition) is 1. The van der Waals surface area contributed by atoms with Crippen molar-refractivity contribution in [1.82, 2.24) is 0 Å². The van der Waals surface area contributed by atoms with Gasteiger partial charge in [0.15, 0.2) is 0 Å². The van der Waals surface area contributed by atoms with E-state index >= 15 is 0 Å². The summed E-state index contributed by atoms with van der Waals surface area (Å²) in [6, 6.07) is 10.2. The van der Waals surface area contributed by atoms with Crippen molar-refractivity contribution >= 4 is 5.90 Å². The van der Waals surface area contributed by atoms with Crippen LogP contribution >= 0.6 is 0 Å². The molecule has 0 atom stereocenters. The van der Waals surface area contributed by atoms with Gasteiger partial charge in [-0.05, 0) is 26.0 Å². The molecule has 1 rings (SSSR count). The molecule has 1 aromatic rings. The lowest BCUT2D eigenvalue weighted by molar-refractivity contribution is 0.227. The maximum absolute atomic E-state index is 7.51. The fraction of sp³-hybridized carbons (Fsp3) is 0.300. The lowest BCUT2D eigenvalue weighted by atomic mass is 10.2. The summed E-state index contributed by atoms with van der Waals surface area (Å²) in [5.41, 5.74) is 0.700. The van der Waals surface area contributed by atoms with Crippen molar-refractivity contribution in [1.29, 1.82) is 5.41 Å². The average Bonchev–Trinajstić information content (AvgIpc) is 2.05. The first-order chi connectivity index (χ1) is 5.70. The Morgan fingerprint density at radius 1 is 1.50 bits per heavy atom. The van der Waals surface area contributed by atoms with E-state index in [1.165, 1.54) is 0 Å². The minimum Gasteiger partial charge on any atom is -0.475 e. The van der Waals surface area contributed by atoms with E-state index in [1.807, 2.05) is 32.0 Å². The normalized spacial score (nSPS) is 9.92. The third-order valence-electron chi connectivity index (χ3n) is 1.31. The van der Waals surface area contributed by atoms with Crippen LogP contribution in [0.2, 0.25) is 0 Å². The first-order valence-electron chi connectivity index (χ1n) is 3.92. The SMILES string of the molecule is CC(C)OC(=N)c1[c]cccc1. The highest BCUT2D eigenvalue weighted by Gasteiger charge is 2.02. The molecule has 0 aliphatic carbocycles. The van der Waals surface area contributed by atoms with Gasteiger partial charge < -0.3 is 4.74 Å². The van der Waals surface area contributed by atoms with E-state index in [2.05, 4.69) is 6.07 Å². The van der Waals surface area contributed by atoms with Gasteiger partial charge in [-0.2, -0.15) is 0 Å². The van der Waals surface area contributed by atoms with Crippen LogP contribution in [0.1, 0.15) is 19.4 Å². The molecule has 0 fully saturated rings. The van der Waals surface area contributed by atoms with Gasteiger partial charge in [0.1, 0.15) is 0 Å². The smallest absolute Gasteiger partial charge is 0.214 e. The summed E-state index contributed by atoms with van der Waals surface area (Å²) in [6.45, 7) is 3.80. The highest BCUT2D eigenvalue weighted by molar-refractivity contribution is 5.91. The molecule has 1 aromatic carbocycles. The molecule has 0 heterocycles. The predicted molar refractivity (Wildman–Crippen MR) is 48.3 cm³/mol. The quantitative estimate of drug-likeness (QED) is 0.525. The molecule has 0 amide bonds. The number of benzene rings is 1. The molecule has 1 radical (unpaired) electrons. The summed E-state index contributed by atoms with van der Waals surface area (Å²) in [4.78, 5) is 0. The fourth-order valence-corrected chi connectivity index (χ4v) is 0.834. The molecule has 1 N–H and O–H groups in total. The van der Waals surface area contributed by atoms with Crippen molar-refractivity contribution in [3.05, 3.63) is 35.9 Å². The van der Waals surface area contributed by atoms with Crippen LogP contribution in [0.5, 0.6) is 0 Å². The van der Waals surface area contributed by atoms with Crippen LogP contribution in [0.15, 0.2) is 24.3 Å². The fourth-order valence-electron chi connectivity index (χ4n) is 0.834. The molecule has 0 aliphatic heterocycles. The first kappa shape index (κ1) is 8.78. The van der Waals surface area contributed by atoms with Crippen molar-refractivity contribution < 1.29 is 4.74 Å².